The van der Waals surface area contributed by atoms with Crippen molar-refractivity contribution >= 4 is 33.2 Å². The van der Waals surface area contributed by atoms with Crippen molar-refractivity contribution in [3.05, 3.63) is 16.7 Å². The molecule has 0 unspecified atom stereocenters. The van der Waals surface area contributed by atoms with E-state index in [1.165, 1.54) is 11.3 Å². The van der Waals surface area contributed by atoms with Gasteiger partial charge in [-0.25, -0.2) is 4.98 Å². The highest BCUT2D eigenvalue weighted by Crippen LogP contribution is 2.27. The van der Waals surface area contributed by atoms with E-state index in [9.17, 15) is 0 Å². The minimum atomic E-state index is 0.173. The number of halogens is 1. The lowest BCUT2D eigenvalue weighted by Gasteiger charge is -2.01. The van der Waals surface area contributed by atoms with Crippen molar-refractivity contribution in [2.45, 2.75) is 0 Å². The Hall–Kier alpha value is -1.31. The lowest BCUT2D eigenvalue weighted by molar-refractivity contribution is 0.360. The van der Waals surface area contributed by atoms with Gasteiger partial charge in [0.25, 0.3) is 0 Å². The van der Waals surface area contributed by atoms with Crippen molar-refractivity contribution < 1.29 is 4.74 Å². The fourth-order valence-corrected chi connectivity index (χ4v) is 1.99. The number of thiophene rings is 1. The van der Waals surface area contributed by atoms with Crippen molar-refractivity contribution in [1.29, 1.82) is 0 Å². The number of fused-ring (bicyclic) bond motifs is 1. The molecule has 14 heavy (non-hydrogen) atoms. The molecule has 0 aliphatic carbocycles. The van der Waals surface area contributed by atoms with Gasteiger partial charge in [-0.2, -0.15) is 4.98 Å². The zero-order valence-corrected chi connectivity index (χ0v) is 8.60. The molecule has 0 saturated heterocycles. The average molecular weight is 225 g/mol. The Balaban J connectivity index is 2.51. The summed E-state index contributed by atoms with van der Waals surface area (Å²) in [7, 11) is 0. The summed E-state index contributed by atoms with van der Waals surface area (Å²) in [6.45, 7) is 0.179. The molecule has 0 fully saturated rings. The van der Waals surface area contributed by atoms with Gasteiger partial charge in [0.1, 0.15) is 4.83 Å². The van der Waals surface area contributed by atoms with Crippen LogP contribution in [0.1, 0.15) is 0 Å². The van der Waals surface area contributed by atoms with Crippen LogP contribution < -0.4 is 4.74 Å². The largest absolute Gasteiger partial charge is 0.464 e. The molecule has 0 aromatic carbocycles. The maximum Gasteiger partial charge on any atom is 0.227 e. The van der Waals surface area contributed by atoms with Gasteiger partial charge in [-0.1, -0.05) is 5.92 Å². The summed E-state index contributed by atoms with van der Waals surface area (Å²) >= 11 is 7.19. The van der Waals surface area contributed by atoms with E-state index in [-0.39, 0.29) is 11.9 Å². The summed E-state index contributed by atoms with van der Waals surface area (Å²) in [5, 5.41) is 2.92. The Morgan fingerprint density at radius 2 is 2.43 bits per heavy atom. The maximum absolute atomic E-state index is 5.71. The Morgan fingerprint density at radius 3 is 3.21 bits per heavy atom. The molecule has 0 spiro atoms. The van der Waals surface area contributed by atoms with Crippen molar-refractivity contribution in [2.75, 3.05) is 6.61 Å². The number of nitrogens with zero attached hydrogens (tertiary/aromatic N) is 2. The minimum Gasteiger partial charge on any atom is -0.464 e. The van der Waals surface area contributed by atoms with Crippen LogP contribution >= 0.6 is 22.9 Å². The Bertz CT molecular complexity index is 503. The third kappa shape index (κ3) is 1.65. The van der Waals surface area contributed by atoms with Crippen molar-refractivity contribution in [3.63, 3.8) is 0 Å². The van der Waals surface area contributed by atoms with E-state index in [1.54, 1.807) is 0 Å². The van der Waals surface area contributed by atoms with Crippen LogP contribution in [0.3, 0.4) is 0 Å². The summed E-state index contributed by atoms with van der Waals surface area (Å²) in [5.74, 6) is 2.81. The van der Waals surface area contributed by atoms with E-state index in [4.69, 9.17) is 22.8 Å². The van der Waals surface area contributed by atoms with Crippen LogP contribution in [0.5, 0.6) is 5.88 Å². The molecule has 0 bridgehead atoms. The monoisotopic (exact) mass is 224 g/mol. The Morgan fingerprint density at radius 1 is 1.57 bits per heavy atom. The molecule has 0 amide bonds. The standard InChI is InChI=1S/C9H5ClN2OS/c1-2-4-13-7-6-3-5-14-8(6)12-9(10)11-7/h1,3,5H,4H2. The number of terminal acetylenes is 1. The minimum absolute atomic E-state index is 0.173. The highest BCUT2D eigenvalue weighted by molar-refractivity contribution is 7.16. The first-order chi connectivity index (χ1) is 6.81. The molecule has 0 aliphatic heterocycles. The van der Waals surface area contributed by atoms with Crippen molar-refractivity contribution in [1.82, 2.24) is 9.97 Å². The van der Waals surface area contributed by atoms with Gasteiger partial charge in [0.05, 0.1) is 5.39 Å². The van der Waals surface area contributed by atoms with E-state index >= 15 is 0 Å². The molecule has 2 aromatic rings. The van der Waals surface area contributed by atoms with Gasteiger partial charge < -0.3 is 4.74 Å². The zero-order valence-electron chi connectivity index (χ0n) is 7.03. The van der Waals surface area contributed by atoms with Gasteiger partial charge in [-0.15, -0.1) is 17.8 Å². The van der Waals surface area contributed by atoms with Gasteiger partial charge in [-0.05, 0) is 23.0 Å². The zero-order chi connectivity index (χ0) is 9.97. The Labute approximate surface area is 89.7 Å². The van der Waals surface area contributed by atoms with Crippen molar-refractivity contribution in [2.24, 2.45) is 0 Å². The van der Waals surface area contributed by atoms with E-state index in [1.807, 2.05) is 11.4 Å². The molecule has 0 radical (unpaired) electrons. The van der Waals surface area contributed by atoms with Crippen LogP contribution in [0.4, 0.5) is 0 Å². The molecule has 70 valence electrons. The number of aromatic nitrogens is 2. The van der Waals surface area contributed by atoms with Gasteiger partial charge in [0.2, 0.25) is 11.2 Å². The average Bonchev–Trinajstić information content (AvgIpc) is 2.61. The molecule has 2 heterocycles. The predicted octanol–water partition coefficient (Wildman–Crippen LogP) is 2.36. The second kappa shape index (κ2) is 3.82. The van der Waals surface area contributed by atoms with E-state index in [2.05, 4.69) is 15.9 Å². The van der Waals surface area contributed by atoms with Crippen LogP contribution in [0.25, 0.3) is 10.2 Å². The SMILES string of the molecule is C#CCOc1nc(Cl)nc2sccc12. The first kappa shape index (κ1) is 9.25. The van der Waals surface area contributed by atoms with E-state index in [0.29, 0.717) is 5.88 Å². The molecular weight excluding hydrogens is 220 g/mol. The number of hydrogen-bond acceptors (Lipinski definition) is 4. The molecule has 2 aromatic heterocycles. The summed E-state index contributed by atoms with van der Waals surface area (Å²) in [6, 6.07) is 1.88. The van der Waals surface area contributed by atoms with Gasteiger partial charge >= 0.3 is 0 Å². The van der Waals surface area contributed by atoms with Crippen LogP contribution in [0.2, 0.25) is 5.28 Å². The molecule has 2 rings (SSSR count). The highest BCUT2D eigenvalue weighted by Gasteiger charge is 2.07. The number of hydrogen-bond donors (Lipinski definition) is 0. The summed E-state index contributed by atoms with van der Waals surface area (Å²) in [6.07, 6.45) is 5.09. The molecule has 0 aliphatic rings. The predicted molar refractivity (Wildman–Crippen MR) is 56.8 cm³/mol. The molecule has 0 N–H and O–H groups in total. The normalized spacial score (nSPS) is 10.0. The summed E-state index contributed by atoms with van der Waals surface area (Å²) in [5.41, 5.74) is 0. The second-order valence-corrected chi connectivity index (χ2v) is 3.66. The van der Waals surface area contributed by atoms with E-state index in [0.717, 1.165) is 10.2 Å². The van der Waals surface area contributed by atoms with Crippen LogP contribution in [-0.4, -0.2) is 16.6 Å². The quantitative estimate of drug-likeness (QED) is 0.580. The first-order valence-electron chi connectivity index (χ1n) is 3.78. The third-order valence-electron chi connectivity index (χ3n) is 1.56. The summed E-state index contributed by atoms with van der Waals surface area (Å²) in [4.78, 5) is 8.80. The topological polar surface area (TPSA) is 35.0 Å². The smallest absolute Gasteiger partial charge is 0.227 e. The van der Waals surface area contributed by atoms with Gasteiger partial charge in [-0.3, -0.25) is 0 Å². The molecule has 0 atom stereocenters. The van der Waals surface area contributed by atoms with E-state index < -0.39 is 0 Å². The van der Waals surface area contributed by atoms with Crippen LogP contribution in [0.15, 0.2) is 11.4 Å². The fourth-order valence-electron chi connectivity index (χ4n) is 1.02. The maximum atomic E-state index is 5.71. The van der Waals surface area contributed by atoms with Crippen LogP contribution in [0, 0.1) is 12.3 Å². The molecule has 3 nitrogen and oxygen atoms in total. The number of ether oxygens (including phenoxy) is 1. The van der Waals surface area contributed by atoms with Gasteiger partial charge in [0, 0.05) is 0 Å². The Kier molecular flexibility index (Phi) is 2.53. The fraction of sp³-hybridized carbons (Fsp3) is 0.111. The lowest BCUT2D eigenvalue weighted by Crippen LogP contribution is -1.97. The second-order valence-electron chi connectivity index (χ2n) is 2.43. The number of rotatable bonds is 2. The van der Waals surface area contributed by atoms with Gasteiger partial charge in [0.15, 0.2) is 6.61 Å². The lowest BCUT2D eigenvalue weighted by atomic mass is 10.4. The third-order valence-corrected chi connectivity index (χ3v) is 2.53. The molecule has 0 saturated carbocycles. The highest BCUT2D eigenvalue weighted by atomic mass is 35.5. The summed E-state index contributed by atoms with van der Waals surface area (Å²) < 4.78 is 5.24. The molecular formula is C9H5ClN2OS. The van der Waals surface area contributed by atoms with Crippen molar-refractivity contribution in [3.8, 4) is 18.2 Å². The molecule has 5 heteroatoms. The van der Waals surface area contributed by atoms with Crippen LogP contribution in [-0.2, 0) is 0 Å². The first-order valence-corrected chi connectivity index (χ1v) is 5.04.